The van der Waals surface area contributed by atoms with E-state index in [1.54, 1.807) is 0 Å². The minimum Gasteiger partial charge on any atom is -0.378 e. The number of carbonyl (C=O) groups is 2. The van der Waals surface area contributed by atoms with Gasteiger partial charge in [-0.05, 0) is 25.0 Å². The number of morpholine rings is 1. The van der Waals surface area contributed by atoms with Gasteiger partial charge in [-0.25, -0.2) is 0 Å². The van der Waals surface area contributed by atoms with Crippen LogP contribution in [0.1, 0.15) is 24.4 Å². The zero-order valence-electron chi connectivity index (χ0n) is 15.6. The Morgan fingerprint density at radius 3 is 2.38 bits per heavy atom. The van der Waals surface area contributed by atoms with E-state index in [1.165, 1.54) is 4.90 Å². The van der Waals surface area contributed by atoms with Crippen LogP contribution in [0.3, 0.4) is 0 Å². The molecule has 0 unspecified atom stereocenters. The van der Waals surface area contributed by atoms with Crippen LogP contribution in [-0.2, 0) is 14.3 Å². The molecule has 1 saturated heterocycles. The van der Waals surface area contributed by atoms with Gasteiger partial charge in [0.25, 0.3) is 0 Å². The van der Waals surface area contributed by atoms with Gasteiger partial charge >= 0.3 is 11.8 Å². The van der Waals surface area contributed by atoms with E-state index >= 15 is 0 Å². The van der Waals surface area contributed by atoms with Crippen molar-refractivity contribution in [3.63, 3.8) is 0 Å². The second kappa shape index (κ2) is 8.51. The molecule has 26 heavy (non-hydrogen) atoms. The van der Waals surface area contributed by atoms with E-state index in [-0.39, 0.29) is 12.1 Å². The predicted molar refractivity (Wildman–Crippen MR) is 99.2 cm³/mol. The summed E-state index contributed by atoms with van der Waals surface area (Å²) in [7, 11) is 4.02. The van der Waals surface area contributed by atoms with Crippen LogP contribution in [0.5, 0.6) is 0 Å². The van der Waals surface area contributed by atoms with Crippen molar-refractivity contribution < 1.29 is 19.2 Å². The van der Waals surface area contributed by atoms with Crippen LogP contribution >= 0.6 is 0 Å². The molecule has 1 atom stereocenters. The Hall–Kier alpha value is -2.12. The summed E-state index contributed by atoms with van der Waals surface area (Å²) in [5, 5.41) is 5.56. The summed E-state index contributed by atoms with van der Waals surface area (Å²) in [5.74, 6) is -1.06. The van der Waals surface area contributed by atoms with Crippen LogP contribution in [0.2, 0.25) is 0 Å². The number of benzene rings is 1. The Morgan fingerprint density at radius 1 is 1.15 bits per heavy atom. The number of amides is 2. The monoisotopic (exact) mass is 361 g/mol. The molecule has 1 saturated carbocycles. The van der Waals surface area contributed by atoms with E-state index in [0.717, 1.165) is 50.4 Å². The summed E-state index contributed by atoms with van der Waals surface area (Å²) in [6.45, 7) is 3.66. The van der Waals surface area contributed by atoms with E-state index < -0.39 is 11.8 Å². The van der Waals surface area contributed by atoms with Crippen molar-refractivity contribution in [3.05, 3.63) is 29.8 Å². The number of carbonyl (C=O) groups excluding carboxylic acids is 2. The molecule has 2 aliphatic rings. The van der Waals surface area contributed by atoms with Gasteiger partial charge in [-0.1, -0.05) is 12.1 Å². The molecular weight excluding hydrogens is 332 g/mol. The van der Waals surface area contributed by atoms with Gasteiger partial charge in [-0.15, -0.1) is 0 Å². The van der Waals surface area contributed by atoms with Crippen LogP contribution in [0.15, 0.2) is 24.3 Å². The summed E-state index contributed by atoms with van der Waals surface area (Å²) in [6, 6.07) is 8.69. The first-order chi connectivity index (χ1) is 12.5. The molecule has 1 aromatic carbocycles. The molecular formula is C19H29N4O3+. The first kappa shape index (κ1) is 18.7. The molecule has 1 aliphatic heterocycles. The quantitative estimate of drug-likeness (QED) is 0.575. The lowest BCUT2D eigenvalue weighted by molar-refractivity contribution is -0.937. The number of quaternary nitrogens is 1. The Balaban J connectivity index is 1.66. The Bertz CT molecular complexity index is 622. The van der Waals surface area contributed by atoms with E-state index in [0.29, 0.717) is 6.54 Å². The number of nitrogens with one attached hydrogen (secondary N) is 3. The smallest absolute Gasteiger partial charge is 0.309 e. The molecule has 1 aliphatic carbocycles. The fourth-order valence-corrected chi connectivity index (χ4v) is 3.24. The Morgan fingerprint density at radius 2 is 1.81 bits per heavy atom. The van der Waals surface area contributed by atoms with Gasteiger partial charge in [0, 0.05) is 31.4 Å². The molecule has 142 valence electrons. The van der Waals surface area contributed by atoms with E-state index in [4.69, 9.17) is 4.74 Å². The van der Waals surface area contributed by atoms with Gasteiger partial charge < -0.3 is 25.2 Å². The maximum atomic E-state index is 12.1. The topological polar surface area (TPSA) is 75.1 Å². The molecule has 1 aromatic rings. The highest BCUT2D eigenvalue weighted by Crippen LogP contribution is 2.18. The van der Waals surface area contributed by atoms with Gasteiger partial charge in [0.2, 0.25) is 0 Å². The molecule has 1 heterocycles. The first-order valence-electron chi connectivity index (χ1n) is 9.33. The fraction of sp³-hybridized carbons (Fsp3) is 0.579. The zero-order chi connectivity index (χ0) is 18.5. The highest BCUT2D eigenvalue weighted by molar-refractivity contribution is 6.35. The summed E-state index contributed by atoms with van der Waals surface area (Å²) in [4.78, 5) is 27.4. The normalized spacial score (nSPS) is 18.8. The number of hydrogen-bond acceptors (Lipinski definition) is 4. The molecule has 3 rings (SSSR count). The lowest BCUT2D eigenvalue weighted by Gasteiger charge is -2.32. The lowest BCUT2D eigenvalue weighted by atomic mass is 10.0. The van der Waals surface area contributed by atoms with Crippen molar-refractivity contribution in [3.8, 4) is 0 Å². The van der Waals surface area contributed by atoms with Crippen molar-refractivity contribution in [1.82, 2.24) is 10.6 Å². The van der Waals surface area contributed by atoms with Gasteiger partial charge in [-0.2, -0.15) is 0 Å². The fourth-order valence-electron chi connectivity index (χ4n) is 3.24. The van der Waals surface area contributed by atoms with E-state index in [2.05, 4.69) is 39.8 Å². The van der Waals surface area contributed by atoms with Crippen molar-refractivity contribution in [2.45, 2.75) is 24.9 Å². The zero-order valence-corrected chi connectivity index (χ0v) is 15.6. The molecule has 3 N–H and O–H groups in total. The standard InChI is InChI=1S/C19H28N4O3/c1-22(2)16-7-3-14(4-8-16)17(23-9-11-26-12-10-23)13-20-18(24)19(25)21-15-5-6-15/h3-4,7-8,15,17H,5-6,9-13H2,1-2H3,(H,20,24)(H,21,25)/p+1/t17-/m0/s1. The van der Waals surface area contributed by atoms with Crippen LogP contribution in [-0.4, -0.2) is 64.8 Å². The van der Waals surface area contributed by atoms with Crippen molar-refractivity contribution in [1.29, 1.82) is 0 Å². The average molecular weight is 361 g/mol. The summed E-state index contributed by atoms with van der Waals surface area (Å²) >= 11 is 0. The predicted octanol–water partition coefficient (Wildman–Crippen LogP) is -0.896. The number of anilines is 1. The number of nitrogens with zero attached hydrogens (tertiary/aromatic N) is 1. The van der Waals surface area contributed by atoms with Crippen molar-refractivity contribution in [2.75, 3.05) is 51.8 Å². The van der Waals surface area contributed by atoms with Crippen LogP contribution in [0, 0.1) is 0 Å². The largest absolute Gasteiger partial charge is 0.378 e. The summed E-state index contributed by atoms with van der Waals surface area (Å²) < 4.78 is 5.47. The minimum atomic E-state index is -0.542. The summed E-state index contributed by atoms with van der Waals surface area (Å²) in [6.07, 6.45) is 1.94. The SMILES string of the molecule is CN(C)c1ccc([C@H](CNC(=O)C(=O)NC2CC2)[NH+]2CCOCC2)cc1. The second-order valence-electron chi connectivity index (χ2n) is 7.27. The second-order valence-corrected chi connectivity index (χ2v) is 7.27. The maximum absolute atomic E-state index is 12.1. The third kappa shape index (κ3) is 4.95. The van der Waals surface area contributed by atoms with E-state index in [1.807, 2.05) is 14.1 Å². The Kier molecular flexibility index (Phi) is 6.11. The third-order valence-electron chi connectivity index (χ3n) is 5.03. The third-order valence-corrected chi connectivity index (χ3v) is 5.03. The molecule has 2 fully saturated rings. The molecule has 7 heteroatoms. The number of rotatable bonds is 6. The minimum absolute atomic E-state index is 0.104. The Labute approximate surface area is 154 Å². The molecule has 0 radical (unpaired) electrons. The molecule has 0 spiro atoms. The number of ether oxygens (including phenoxy) is 1. The first-order valence-corrected chi connectivity index (χ1v) is 9.33. The highest BCUT2D eigenvalue weighted by Gasteiger charge is 2.29. The number of hydrogen-bond donors (Lipinski definition) is 3. The van der Waals surface area contributed by atoms with Crippen LogP contribution in [0.25, 0.3) is 0 Å². The van der Waals surface area contributed by atoms with Crippen molar-refractivity contribution in [2.24, 2.45) is 0 Å². The van der Waals surface area contributed by atoms with Gasteiger partial charge in [0.15, 0.2) is 0 Å². The average Bonchev–Trinajstić information content (AvgIpc) is 3.47. The molecule has 0 aromatic heterocycles. The van der Waals surface area contributed by atoms with Crippen LogP contribution < -0.4 is 20.4 Å². The highest BCUT2D eigenvalue weighted by atomic mass is 16.5. The maximum Gasteiger partial charge on any atom is 0.309 e. The molecule has 0 bridgehead atoms. The van der Waals surface area contributed by atoms with Crippen LogP contribution in [0.4, 0.5) is 5.69 Å². The van der Waals surface area contributed by atoms with Crippen molar-refractivity contribution >= 4 is 17.5 Å². The van der Waals surface area contributed by atoms with E-state index in [9.17, 15) is 9.59 Å². The van der Waals surface area contributed by atoms with Gasteiger partial charge in [-0.3, -0.25) is 9.59 Å². The molecule has 2 amide bonds. The lowest BCUT2D eigenvalue weighted by Crippen LogP contribution is -3.15. The summed E-state index contributed by atoms with van der Waals surface area (Å²) in [5.41, 5.74) is 2.30. The molecule has 7 nitrogen and oxygen atoms in total. The van der Waals surface area contributed by atoms with Gasteiger partial charge in [0.1, 0.15) is 19.1 Å². The van der Waals surface area contributed by atoms with Gasteiger partial charge in [0.05, 0.1) is 19.8 Å².